The Morgan fingerprint density at radius 2 is 1.70 bits per heavy atom. The summed E-state index contributed by atoms with van der Waals surface area (Å²) in [6.07, 6.45) is -9.03. The lowest BCUT2D eigenvalue weighted by Gasteiger charge is -2.26. The van der Waals surface area contributed by atoms with Crippen LogP contribution in [0.4, 0.5) is 32.0 Å². The minimum absolute atomic E-state index is 0.0102. The van der Waals surface area contributed by atoms with Crippen LogP contribution in [0, 0.1) is 0 Å². The summed E-state index contributed by atoms with van der Waals surface area (Å²) in [6.45, 7) is -1.42. The van der Waals surface area contributed by atoms with Gasteiger partial charge in [0.2, 0.25) is 0 Å². The summed E-state index contributed by atoms with van der Waals surface area (Å²) in [5.41, 5.74) is -0.929. The van der Waals surface area contributed by atoms with Crippen molar-refractivity contribution >= 4 is 33.2 Å². The van der Waals surface area contributed by atoms with E-state index in [1.165, 1.54) is 0 Å². The highest BCUT2D eigenvalue weighted by Crippen LogP contribution is 2.36. The van der Waals surface area contributed by atoms with E-state index < -0.39 is 24.5 Å². The third-order valence-corrected chi connectivity index (χ3v) is 3.14. The summed E-state index contributed by atoms with van der Waals surface area (Å²) in [5, 5.41) is 0. The standard InChI is InChI=1S/C11H9BrClF6N/c12-8-5-7(11(17,18)19)1-2-9(8)20(4-3-13)6-10(14,15)16/h1-2,5H,3-4,6H2. The normalized spacial score (nSPS) is 12.6. The monoisotopic (exact) mass is 383 g/mol. The van der Waals surface area contributed by atoms with Crippen molar-refractivity contribution in [3.63, 3.8) is 0 Å². The molecular weight excluding hydrogens is 375 g/mol. The van der Waals surface area contributed by atoms with Gasteiger partial charge in [0, 0.05) is 16.9 Å². The largest absolute Gasteiger partial charge is 0.416 e. The topological polar surface area (TPSA) is 3.24 Å². The molecule has 0 saturated heterocycles. The van der Waals surface area contributed by atoms with E-state index in [2.05, 4.69) is 15.9 Å². The second kappa shape index (κ2) is 6.43. The molecule has 9 heteroatoms. The van der Waals surface area contributed by atoms with E-state index in [9.17, 15) is 26.3 Å². The van der Waals surface area contributed by atoms with E-state index in [1.54, 1.807) is 0 Å². The highest BCUT2D eigenvalue weighted by atomic mass is 79.9. The van der Waals surface area contributed by atoms with Crippen molar-refractivity contribution in [1.82, 2.24) is 0 Å². The van der Waals surface area contributed by atoms with Crippen LogP contribution in [0.3, 0.4) is 0 Å². The third-order valence-electron chi connectivity index (χ3n) is 2.34. The molecule has 0 saturated carbocycles. The first kappa shape index (κ1) is 17.4. The molecule has 0 spiro atoms. The molecule has 1 aromatic carbocycles. The predicted octanol–water partition coefficient (Wildman–Crippen LogP) is 5.08. The summed E-state index contributed by atoms with van der Waals surface area (Å²) >= 11 is 8.29. The smallest absolute Gasteiger partial charge is 0.360 e. The van der Waals surface area contributed by atoms with Crippen LogP contribution in [0.25, 0.3) is 0 Å². The molecule has 0 aliphatic carbocycles. The molecule has 114 valence electrons. The van der Waals surface area contributed by atoms with E-state index in [-0.39, 0.29) is 22.6 Å². The van der Waals surface area contributed by atoms with E-state index in [1.807, 2.05) is 0 Å². The van der Waals surface area contributed by atoms with Crippen LogP contribution in [0.1, 0.15) is 5.56 Å². The van der Waals surface area contributed by atoms with Crippen LogP contribution < -0.4 is 4.90 Å². The van der Waals surface area contributed by atoms with Crippen molar-refractivity contribution in [2.75, 3.05) is 23.9 Å². The van der Waals surface area contributed by atoms with Gasteiger partial charge in [-0.25, -0.2) is 0 Å². The quantitative estimate of drug-likeness (QED) is 0.517. The maximum absolute atomic E-state index is 12.5. The Labute approximate surface area is 124 Å². The summed E-state index contributed by atoms with van der Waals surface area (Å²) < 4.78 is 74.7. The van der Waals surface area contributed by atoms with Crippen molar-refractivity contribution in [2.24, 2.45) is 0 Å². The SMILES string of the molecule is FC(F)(F)CN(CCCl)c1ccc(C(F)(F)F)cc1Br. The lowest BCUT2D eigenvalue weighted by molar-refractivity contribution is -0.137. The van der Waals surface area contributed by atoms with Crippen molar-refractivity contribution in [3.8, 4) is 0 Å². The molecule has 0 N–H and O–H groups in total. The lowest BCUT2D eigenvalue weighted by atomic mass is 10.2. The summed E-state index contributed by atoms with van der Waals surface area (Å²) in [7, 11) is 0. The van der Waals surface area contributed by atoms with Gasteiger partial charge in [0.25, 0.3) is 0 Å². The van der Waals surface area contributed by atoms with Gasteiger partial charge in [0.15, 0.2) is 0 Å². The van der Waals surface area contributed by atoms with E-state index in [0.29, 0.717) is 0 Å². The van der Waals surface area contributed by atoms with E-state index in [0.717, 1.165) is 23.1 Å². The van der Waals surface area contributed by atoms with Crippen molar-refractivity contribution in [3.05, 3.63) is 28.2 Å². The van der Waals surface area contributed by atoms with Crippen LogP contribution in [0.15, 0.2) is 22.7 Å². The van der Waals surface area contributed by atoms with Crippen LogP contribution in [-0.4, -0.2) is 25.1 Å². The van der Waals surface area contributed by atoms with Gasteiger partial charge in [0.05, 0.1) is 11.3 Å². The highest BCUT2D eigenvalue weighted by Gasteiger charge is 2.33. The molecule has 0 amide bonds. The molecular formula is C11H9BrClF6N. The van der Waals surface area contributed by atoms with E-state index >= 15 is 0 Å². The Bertz CT molecular complexity index is 459. The van der Waals surface area contributed by atoms with Crippen LogP contribution >= 0.6 is 27.5 Å². The molecule has 0 aliphatic rings. The van der Waals surface area contributed by atoms with E-state index in [4.69, 9.17) is 11.6 Å². The first-order valence-electron chi connectivity index (χ1n) is 5.29. The molecule has 20 heavy (non-hydrogen) atoms. The number of alkyl halides is 7. The fourth-order valence-corrected chi connectivity index (χ4v) is 2.38. The Morgan fingerprint density at radius 3 is 2.10 bits per heavy atom. The maximum Gasteiger partial charge on any atom is 0.416 e. The second-order valence-corrected chi connectivity index (χ2v) is 5.12. The summed E-state index contributed by atoms with van der Waals surface area (Å²) in [5.74, 6) is -0.0798. The van der Waals surface area contributed by atoms with Crippen LogP contribution in [0.2, 0.25) is 0 Å². The number of hydrogen-bond acceptors (Lipinski definition) is 1. The maximum atomic E-state index is 12.5. The minimum atomic E-state index is -4.55. The molecule has 0 radical (unpaired) electrons. The fraction of sp³-hybridized carbons (Fsp3) is 0.455. The number of hydrogen-bond donors (Lipinski definition) is 0. The summed E-state index contributed by atoms with van der Waals surface area (Å²) in [6, 6.07) is 2.47. The highest BCUT2D eigenvalue weighted by molar-refractivity contribution is 9.10. The van der Waals surface area contributed by atoms with Gasteiger partial charge in [0.1, 0.15) is 6.54 Å². The summed E-state index contributed by atoms with van der Waals surface area (Å²) in [4.78, 5) is 0.872. The molecule has 0 aromatic heterocycles. The number of nitrogens with zero attached hydrogens (tertiary/aromatic N) is 1. The molecule has 0 bridgehead atoms. The number of rotatable bonds is 4. The molecule has 0 atom stereocenters. The zero-order valence-electron chi connectivity index (χ0n) is 9.82. The Balaban J connectivity index is 3.09. The van der Waals surface area contributed by atoms with Gasteiger partial charge in [-0.3, -0.25) is 0 Å². The fourth-order valence-electron chi connectivity index (χ4n) is 1.54. The minimum Gasteiger partial charge on any atom is -0.360 e. The van der Waals surface area contributed by atoms with Gasteiger partial charge >= 0.3 is 12.4 Å². The average molecular weight is 385 g/mol. The molecule has 0 heterocycles. The zero-order chi connectivity index (χ0) is 15.6. The molecule has 0 aliphatic heterocycles. The van der Waals surface area contributed by atoms with Gasteiger partial charge in [-0.15, -0.1) is 11.6 Å². The first-order chi connectivity index (χ1) is 9.04. The van der Waals surface area contributed by atoms with Crippen molar-refractivity contribution in [2.45, 2.75) is 12.4 Å². The van der Waals surface area contributed by atoms with Gasteiger partial charge in [-0.1, -0.05) is 0 Å². The van der Waals surface area contributed by atoms with Gasteiger partial charge in [-0.05, 0) is 34.1 Å². The number of halogens is 8. The van der Waals surface area contributed by atoms with Crippen LogP contribution in [0.5, 0.6) is 0 Å². The van der Waals surface area contributed by atoms with Gasteiger partial charge in [-0.2, -0.15) is 26.3 Å². The van der Waals surface area contributed by atoms with Crippen LogP contribution in [-0.2, 0) is 6.18 Å². The van der Waals surface area contributed by atoms with Crippen molar-refractivity contribution in [1.29, 1.82) is 0 Å². The molecule has 0 fully saturated rings. The lowest BCUT2D eigenvalue weighted by Crippen LogP contribution is -2.35. The predicted molar refractivity (Wildman–Crippen MR) is 68.1 cm³/mol. The Hall–Kier alpha value is -0.630. The number of anilines is 1. The first-order valence-corrected chi connectivity index (χ1v) is 6.62. The third kappa shape index (κ3) is 5.05. The average Bonchev–Trinajstić information content (AvgIpc) is 2.25. The molecule has 1 aromatic rings. The zero-order valence-corrected chi connectivity index (χ0v) is 12.2. The molecule has 0 unspecified atom stereocenters. The molecule has 1 rings (SSSR count). The molecule has 1 nitrogen and oxygen atoms in total. The van der Waals surface area contributed by atoms with Crippen molar-refractivity contribution < 1.29 is 26.3 Å². The Kier molecular flexibility index (Phi) is 5.60. The number of benzene rings is 1. The Morgan fingerprint density at radius 1 is 1.10 bits per heavy atom. The second-order valence-electron chi connectivity index (χ2n) is 3.89. The van der Waals surface area contributed by atoms with Gasteiger partial charge < -0.3 is 4.90 Å².